The minimum absolute atomic E-state index is 0.0177. The van der Waals surface area contributed by atoms with Gasteiger partial charge in [0.2, 0.25) is 0 Å². The van der Waals surface area contributed by atoms with Gasteiger partial charge in [-0.15, -0.1) is 0 Å². The molecule has 9 heavy (non-hydrogen) atoms. The quantitative estimate of drug-likeness (QED) is 0.453. The Balaban J connectivity index is 3.25. The number of rotatable bonds is 4. The van der Waals surface area contributed by atoms with Crippen molar-refractivity contribution in [2.24, 2.45) is 0 Å². The predicted octanol–water partition coefficient (Wildman–Crippen LogP) is 1.08. The number of hydrogen-bond donors (Lipinski definition) is 1. The first kappa shape index (κ1) is 8.24. The molecule has 2 heteroatoms. The zero-order valence-corrected chi connectivity index (χ0v) is 5.58. The van der Waals surface area contributed by atoms with Gasteiger partial charge in [-0.1, -0.05) is 12.7 Å². The van der Waals surface area contributed by atoms with Crippen LogP contribution in [0.2, 0.25) is 0 Å². The molecule has 0 fully saturated rings. The largest absolute Gasteiger partial charge is 0.495 e. The van der Waals surface area contributed by atoms with E-state index >= 15 is 0 Å². The van der Waals surface area contributed by atoms with Gasteiger partial charge in [-0.25, -0.2) is 0 Å². The van der Waals surface area contributed by atoms with Gasteiger partial charge in [-0.05, 0) is 13.0 Å². The van der Waals surface area contributed by atoms with Gasteiger partial charge in [-0.2, -0.15) is 0 Å². The van der Waals surface area contributed by atoms with Gasteiger partial charge < -0.3 is 9.84 Å². The lowest BCUT2D eigenvalue weighted by atomic mass is 10.4. The summed E-state index contributed by atoms with van der Waals surface area (Å²) >= 11 is 0. The summed E-state index contributed by atoms with van der Waals surface area (Å²) in [5, 5.41) is 8.26. The molecule has 0 radical (unpaired) electrons. The summed E-state index contributed by atoms with van der Waals surface area (Å²) in [6.45, 7) is 5.41. The van der Waals surface area contributed by atoms with Crippen LogP contribution in [-0.2, 0) is 4.74 Å². The van der Waals surface area contributed by atoms with Gasteiger partial charge in [0.05, 0.1) is 12.9 Å². The number of ether oxygens (including phenoxy) is 1. The van der Waals surface area contributed by atoms with Crippen LogP contribution < -0.4 is 0 Å². The Labute approximate surface area is 55.5 Å². The van der Waals surface area contributed by atoms with Gasteiger partial charge >= 0.3 is 0 Å². The van der Waals surface area contributed by atoms with Gasteiger partial charge in [-0.3, -0.25) is 0 Å². The van der Waals surface area contributed by atoms with E-state index in [1.807, 2.05) is 6.92 Å². The standard InChI is InChI=1S/C7H12O2/c1-3-7(2)9-6-4-5-8/h3-4,6-8H,1,5H2,2H3/b6-4+. The average Bonchev–Trinajstić information content (AvgIpc) is 1.89. The fraction of sp³-hybridized carbons (Fsp3) is 0.429. The van der Waals surface area contributed by atoms with Crippen LogP contribution in [0.1, 0.15) is 6.92 Å². The zero-order valence-electron chi connectivity index (χ0n) is 5.58. The van der Waals surface area contributed by atoms with Crippen molar-refractivity contribution in [3.05, 3.63) is 25.0 Å². The normalized spacial score (nSPS) is 13.6. The lowest BCUT2D eigenvalue weighted by Gasteiger charge is -2.02. The van der Waals surface area contributed by atoms with Crippen LogP contribution in [0.4, 0.5) is 0 Å². The van der Waals surface area contributed by atoms with Crippen LogP contribution in [0.5, 0.6) is 0 Å². The summed E-state index contributed by atoms with van der Waals surface area (Å²) < 4.78 is 4.97. The van der Waals surface area contributed by atoms with Crippen LogP contribution >= 0.6 is 0 Å². The Morgan fingerprint density at radius 2 is 2.44 bits per heavy atom. The molecule has 52 valence electrons. The van der Waals surface area contributed by atoms with Crippen LogP contribution in [0.15, 0.2) is 25.0 Å². The van der Waals surface area contributed by atoms with Gasteiger partial charge in [0, 0.05) is 0 Å². The van der Waals surface area contributed by atoms with E-state index in [2.05, 4.69) is 6.58 Å². The molecule has 0 aliphatic heterocycles. The van der Waals surface area contributed by atoms with E-state index in [1.165, 1.54) is 12.3 Å². The molecule has 2 nitrogen and oxygen atoms in total. The Morgan fingerprint density at radius 3 is 2.89 bits per heavy atom. The highest BCUT2D eigenvalue weighted by Gasteiger charge is 1.87. The van der Waals surface area contributed by atoms with E-state index in [0.717, 1.165) is 0 Å². The third-order valence-electron chi connectivity index (χ3n) is 0.827. The zero-order chi connectivity index (χ0) is 7.11. The minimum atomic E-state index is 0.0177. The van der Waals surface area contributed by atoms with Crippen molar-refractivity contribution < 1.29 is 9.84 Å². The fourth-order valence-electron chi connectivity index (χ4n) is 0.278. The third-order valence-corrected chi connectivity index (χ3v) is 0.827. The molecule has 0 aliphatic carbocycles. The number of aliphatic hydroxyl groups excluding tert-OH is 1. The van der Waals surface area contributed by atoms with Crippen LogP contribution in [0.25, 0.3) is 0 Å². The molecule has 0 aromatic rings. The first-order chi connectivity index (χ1) is 4.31. The van der Waals surface area contributed by atoms with Crippen molar-refractivity contribution in [1.82, 2.24) is 0 Å². The second-order valence-corrected chi connectivity index (χ2v) is 1.63. The maximum atomic E-state index is 8.26. The maximum absolute atomic E-state index is 8.26. The van der Waals surface area contributed by atoms with Crippen molar-refractivity contribution in [1.29, 1.82) is 0 Å². The second kappa shape index (κ2) is 5.38. The summed E-state index contributed by atoms with van der Waals surface area (Å²) in [5.74, 6) is 0. The molecule has 0 aromatic carbocycles. The van der Waals surface area contributed by atoms with Gasteiger partial charge in [0.1, 0.15) is 6.10 Å². The van der Waals surface area contributed by atoms with Crippen molar-refractivity contribution in [2.75, 3.05) is 6.61 Å². The lowest BCUT2D eigenvalue weighted by molar-refractivity contribution is 0.201. The SMILES string of the molecule is C=CC(C)O/C=C/CO. The van der Waals surface area contributed by atoms with E-state index in [1.54, 1.807) is 6.08 Å². The smallest absolute Gasteiger partial charge is 0.113 e. The van der Waals surface area contributed by atoms with Crippen LogP contribution in [-0.4, -0.2) is 17.8 Å². The van der Waals surface area contributed by atoms with Crippen molar-refractivity contribution in [2.45, 2.75) is 13.0 Å². The van der Waals surface area contributed by atoms with Gasteiger partial charge in [0.15, 0.2) is 0 Å². The molecule has 1 atom stereocenters. The summed E-state index contributed by atoms with van der Waals surface area (Å²) in [4.78, 5) is 0. The maximum Gasteiger partial charge on any atom is 0.113 e. The highest BCUT2D eigenvalue weighted by Crippen LogP contribution is 1.90. The van der Waals surface area contributed by atoms with E-state index < -0.39 is 0 Å². The molecule has 0 saturated heterocycles. The highest BCUT2D eigenvalue weighted by molar-refractivity contribution is 4.80. The van der Waals surface area contributed by atoms with E-state index in [-0.39, 0.29) is 12.7 Å². The molecule has 0 aromatic heterocycles. The molecular weight excluding hydrogens is 116 g/mol. The molecule has 0 spiro atoms. The molecule has 0 rings (SSSR count). The Kier molecular flexibility index (Phi) is 4.92. The summed E-state index contributed by atoms with van der Waals surface area (Å²) in [5.41, 5.74) is 0. The Hall–Kier alpha value is -0.760. The topological polar surface area (TPSA) is 29.5 Å². The molecule has 0 bridgehead atoms. The summed E-state index contributed by atoms with van der Waals surface area (Å²) in [7, 11) is 0. The molecule has 0 amide bonds. The third kappa shape index (κ3) is 5.11. The first-order valence-corrected chi connectivity index (χ1v) is 2.85. The van der Waals surface area contributed by atoms with Crippen molar-refractivity contribution in [3.63, 3.8) is 0 Å². The lowest BCUT2D eigenvalue weighted by Crippen LogP contribution is -1.97. The average molecular weight is 128 g/mol. The predicted molar refractivity (Wildman–Crippen MR) is 37.0 cm³/mol. The summed E-state index contributed by atoms with van der Waals surface area (Å²) in [6, 6.07) is 0. The van der Waals surface area contributed by atoms with Gasteiger partial charge in [0.25, 0.3) is 0 Å². The van der Waals surface area contributed by atoms with Crippen molar-refractivity contribution in [3.8, 4) is 0 Å². The van der Waals surface area contributed by atoms with E-state index in [0.29, 0.717) is 0 Å². The molecule has 0 saturated carbocycles. The molecular formula is C7H12O2. The van der Waals surface area contributed by atoms with E-state index in [9.17, 15) is 0 Å². The monoisotopic (exact) mass is 128 g/mol. The molecule has 0 heterocycles. The van der Waals surface area contributed by atoms with Crippen LogP contribution in [0, 0.1) is 0 Å². The number of hydrogen-bond acceptors (Lipinski definition) is 2. The first-order valence-electron chi connectivity index (χ1n) is 2.85. The van der Waals surface area contributed by atoms with E-state index in [4.69, 9.17) is 9.84 Å². The fourth-order valence-corrected chi connectivity index (χ4v) is 0.278. The summed E-state index contributed by atoms with van der Waals surface area (Å²) in [6.07, 6.45) is 4.70. The molecule has 0 aliphatic rings. The molecule has 1 N–H and O–H groups in total. The minimum Gasteiger partial charge on any atom is -0.495 e. The second-order valence-electron chi connectivity index (χ2n) is 1.63. The van der Waals surface area contributed by atoms with Crippen molar-refractivity contribution >= 4 is 0 Å². The van der Waals surface area contributed by atoms with Crippen LogP contribution in [0.3, 0.4) is 0 Å². The Bertz CT molecular complexity index is 97.1. The molecule has 1 unspecified atom stereocenters. The number of aliphatic hydroxyl groups is 1. The highest BCUT2D eigenvalue weighted by atomic mass is 16.5. The Morgan fingerprint density at radius 1 is 1.78 bits per heavy atom.